The van der Waals surface area contributed by atoms with Gasteiger partial charge in [0.1, 0.15) is 0 Å². The maximum atomic E-state index is 4.03. The summed E-state index contributed by atoms with van der Waals surface area (Å²) in [4.78, 5) is 1.67. The van der Waals surface area contributed by atoms with Gasteiger partial charge in [-0.2, -0.15) is 20.1 Å². The van der Waals surface area contributed by atoms with Gasteiger partial charge in [-0.3, -0.25) is 4.68 Å². The van der Waals surface area contributed by atoms with Gasteiger partial charge < -0.3 is 0 Å². The van der Waals surface area contributed by atoms with Crippen molar-refractivity contribution in [2.45, 2.75) is 53.6 Å². The number of aromatic nitrogens is 5. The third-order valence-corrected chi connectivity index (χ3v) is 1.95. The van der Waals surface area contributed by atoms with E-state index in [1.54, 1.807) is 23.4 Å². The van der Waals surface area contributed by atoms with Crippen molar-refractivity contribution in [3.05, 3.63) is 30.9 Å². The number of hydrogen-bond donors (Lipinski definition) is 0. The molecular formula is C13H25N5. The van der Waals surface area contributed by atoms with E-state index in [0.29, 0.717) is 12.1 Å². The molecule has 0 aliphatic rings. The monoisotopic (exact) mass is 251 g/mol. The molecular weight excluding hydrogens is 226 g/mol. The first-order chi connectivity index (χ1) is 8.61. The van der Waals surface area contributed by atoms with E-state index in [9.17, 15) is 0 Å². The molecule has 0 saturated heterocycles. The van der Waals surface area contributed by atoms with Crippen LogP contribution in [0.4, 0.5) is 0 Å². The topological polar surface area (TPSA) is 48.5 Å². The van der Waals surface area contributed by atoms with Gasteiger partial charge in [0.05, 0.1) is 18.4 Å². The Hall–Kier alpha value is -1.65. The summed E-state index contributed by atoms with van der Waals surface area (Å²) in [5, 5.41) is 11.9. The Kier molecular flexibility index (Phi) is 8.53. The van der Waals surface area contributed by atoms with E-state index in [1.807, 2.05) is 44.6 Å². The second-order valence-electron chi connectivity index (χ2n) is 4.02. The molecule has 0 bridgehead atoms. The molecule has 0 spiro atoms. The van der Waals surface area contributed by atoms with Crippen LogP contribution < -0.4 is 0 Å². The molecule has 0 fully saturated rings. The predicted octanol–water partition coefficient (Wildman–Crippen LogP) is 3.35. The van der Waals surface area contributed by atoms with Crippen LogP contribution >= 0.6 is 0 Å². The van der Waals surface area contributed by atoms with Gasteiger partial charge in [0.2, 0.25) is 0 Å². The van der Waals surface area contributed by atoms with Crippen molar-refractivity contribution in [2.24, 2.45) is 0 Å². The zero-order valence-corrected chi connectivity index (χ0v) is 12.3. The molecule has 2 aromatic heterocycles. The lowest BCUT2D eigenvalue weighted by molar-refractivity contribution is 0.466. The second-order valence-corrected chi connectivity index (χ2v) is 4.02. The smallest absolute Gasteiger partial charge is 0.0693 e. The average molecular weight is 251 g/mol. The fourth-order valence-electron chi connectivity index (χ4n) is 1.08. The van der Waals surface area contributed by atoms with E-state index in [1.165, 1.54) is 0 Å². The molecule has 5 nitrogen and oxygen atoms in total. The highest BCUT2D eigenvalue weighted by molar-refractivity contribution is 4.79. The molecule has 102 valence electrons. The minimum atomic E-state index is 0.380. The quantitative estimate of drug-likeness (QED) is 0.822. The molecule has 0 aromatic carbocycles. The minimum Gasteiger partial charge on any atom is -0.270 e. The fourth-order valence-corrected chi connectivity index (χ4v) is 1.08. The molecule has 18 heavy (non-hydrogen) atoms. The van der Waals surface area contributed by atoms with Crippen LogP contribution in [-0.2, 0) is 0 Å². The summed E-state index contributed by atoms with van der Waals surface area (Å²) >= 11 is 0. The van der Waals surface area contributed by atoms with E-state index in [-0.39, 0.29) is 0 Å². The lowest BCUT2D eigenvalue weighted by Gasteiger charge is -2.01. The fraction of sp³-hybridized carbons (Fsp3) is 0.615. The van der Waals surface area contributed by atoms with Crippen molar-refractivity contribution >= 4 is 0 Å². The Morgan fingerprint density at radius 1 is 0.778 bits per heavy atom. The van der Waals surface area contributed by atoms with Crippen LogP contribution in [0.5, 0.6) is 0 Å². The summed E-state index contributed by atoms with van der Waals surface area (Å²) in [6, 6.07) is 2.80. The van der Waals surface area contributed by atoms with E-state index >= 15 is 0 Å². The Morgan fingerprint density at radius 3 is 1.56 bits per heavy atom. The van der Waals surface area contributed by atoms with Crippen LogP contribution in [0.1, 0.15) is 53.6 Å². The number of rotatable bonds is 2. The van der Waals surface area contributed by atoms with Crippen LogP contribution in [0.2, 0.25) is 0 Å². The Bertz CT molecular complexity index is 324. The van der Waals surface area contributed by atoms with Crippen LogP contribution in [0, 0.1) is 0 Å². The largest absolute Gasteiger partial charge is 0.270 e. The highest BCUT2D eigenvalue weighted by Gasteiger charge is 1.93. The van der Waals surface area contributed by atoms with Crippen molar-refractivity contribution in [3.8, 4) is 0 Å². The Labute approximate surface area is 110 Å². The first kappa shape index (κ1) is 16.4. The van der Waals surface area contributed by atoms with Gasteiger partial charge in [0, 0.05) is 18.4 Å². The van der Waals surface area contributed by atoms with E-state index < -0.39 is 0 Å². The zero-order chi connectivity index (χ0) is 14.0. The molecule has 0 unspecified atom stereocenters. The van der Waals surface area contributed by atoms with Crippen LogP contribution in [0.25, 0.3) is 0 Å². The van der Waals surface area contributed by atoms with Gasteiger partial charge in [-0.05, 0) is 33.8 Å². The van der Waals surface area contributed by atoms with E-state index in [2.05, 4.69) is 29.1 Å². The third kappa shape index (κ3) is 6.18. The average Bonchev–Trinajstić information content (AvgIpc) is 3.06. The molecule has 0 saturated carbocycles. The van der Waals surface area contributed by atoms with Gasteiger partial charge in [0.15, 0.2) is 0 Å². The highest BCUT2D eigenvalue weighted by Crippen LogP contribution is 1.98. The van der Waals surface area contributed by atoms with Gasteiger partial charge in [-0.25, -0.2) is 0 Å². The van der Waals surface area contributed by atoms with Crippen molar-refractivity contribution in [1.29, 1.82) is 0 Å². The summed E-state index contributed by atoms with van der Waals surface area (Å²) in [7, 11) is 0. The Balaban J connectivity index is 0.000000283. The molecule has 2 rings (SSSR count). The number of nitrogens with zero attached hydrogens (tertiary/aromatic N) is 5. The van der Waals surface area contributed by atoms with Gasteiger partial charge >= 0.3 is 0 Å². The summed E-state index contributed by atoms with van der Waals surface area (Å²) in [6.45, 7) is 12.3. The molecule has 0 aliphatic heterocycles. The zero-order valence-electron chi connectivity index (χ0n) is 12.3. The summed E-state index contributed by atoms with van der Waals surface area (Å²) in [5.74, 6) is 0. The minimum absolute atomic E-state index is 0.380. The van der Waals surface area contributed by atoms with Gasteiger partial charge in [-0.1, -0.05) is 13.8 Å². The van der Waals surface area contributed by atoms with Crippen molar-refractivity contribution in [2.75, 3.05) is 0 Å². The van der Waals surface area contributed by atoms with Crippen molar-refractivity contribution < 1.29 is 0 Å². The lowest BCUT2D eigenvalue weighted by atomic mass is 10.4. The normalized spacial score (nSPS) is 9.56. The van der Waals surface area contributed by atoms with E-state index in [4.69, 9.17) is 0 Å². The molecule has 0 amide bonds. The Morgan fingerprint density at radius 2 is 1.33 bits per heavy atom. The molecule has 0 aliphatic carbocycles. The SMILES string of the molecule is CC.CC(C)n1cccn1.CC(C)n1nccn1. The molecule has 2 aromatic rings. The summed E-state index contributed by atoms with van der Waals surface area (Å²) in [6.07, 6.45) is 7.12. The lowest BCUT2D eigenvalue weighted by Crippen LogP contribution is -2.03. The third-order valence-electron chi connectivity index (χ3n) is 1.95. The van der Waals surface area contributed by atoms with Gasteiger partial charge in [0.25, 0.3) is 0 Å². The molecule has 0 radical (unpaired) electrons. The van der Waals surface area contributed by atoms with Gasteiger partial charge in [-0.15, -0.1) is 0 Å². The van der Waals surface area contributed by atoms with Crippen molar-refractivity contribution in [3.63, 3.8) is 0 Å². The molecule has 5 heteroatoms. The number of hydrogen-bond acceptors (Lipinski definition) is 3. The summed E-state index contributed by atoms with van der Waals surface area (Å²) in [5.41, 5.74) is 0. The maximum absolute atomic E-state index is 4.03. The predicted molar refractivity (Wildman–Crippen MR) is 74.4 cm³/mol. The molecule has 2 heterocycles. The molecule has 0 atom stereocenters. The van der Waals surface area contributed by atoms with Crippen molar-refractivity contribution in [1.82, 2.24) is 24.8 Å². The summed E-state index contributed by atoms with van der Waals surface area (Å²) < 4.78 is 1.92. The van der Waals surface area contributed by atoms with Crippen LogP contribution in [-0.4, -0.2) is 24.8 Å². The second kappa shape index (κ2) is 9.39. The van der Waals surface area contributed by atoms with Crippen LogP contribution in [0.3, 0.4) is 0 Å². The van der Waals surface area contributed by atoms with Crippen LogP contribution in [0.15, 0.2) is 30.9 Å². The maximum Gasteiger partial charge on any atom is 0.0693 e. The first-order valence-corrected chi connectivity index (χ1v) is 6.46. The first-order valence-electron chi connectivity index (χ1n) is 6.46. The highest BCUT2D eigenvalue weighted by atomic mass is 15.5. The standard InChI is InChI=1S/C6H10N2.C5H9N3.C2H6/c1-6(2)8-5-3-4-7-8;1-5(2)8-6-3-4-7-8;1-2/h3-6H,1-2H3;3-5H,1-2H3;1-2H3. The molecule has 0 N–H and O–H groups in total. The van der Waals surface area contributed by atoms with E-state index in [0.717, 1.165) is 0 Å².